The summed E-state index contributed by atoms with van der Waals surface area (Å²) in [5.74, 6) is 0.534. The molecule has 0 fully saturated rings. The van der Waals surface area contributed by atoms with Crippen LogP contribution in [-0.2, 0) is 4.79 Å². The van der Waals surface area contributed by atoms with Gasteiger partial charge in [-0.3, -0.25) is 4.79 Å². The number of carbonyl (C=O) groups excluding carboxylic acids is 1. The van der Waals surface area contributed by atoms with Gasteiger partial charge >= 0.3 is 0 Å². The fraction of sp³-hybridized carbons (Fsp3) is 0.300. The van der Waals surface area contributed by atoms with E-state index < -0.39 is 0 Å². The lowest BCUT2D eigenvalue weighted by Crippen LogP contribution is -2.18. The highest BCUT2D eigenvalue weighted by molar-refractivity contribution is 7.99. The van der Waals surface area contributed by atoms with Crippen molar-refractivity contribution in [3.05, 3.63) is 23.8 Å². The van der Waals surface area contributed by atoms with Crippen LogP contribution in [0.25, 0.3) is 0 Å². The van der Waals surface area contributed by atoms with E-state index in [1.165, 1.54) is 24.2 Å². The third-order valence-electron chi connectivity index (χ3n) is 1.72. The monoisotopic (exact) mass is 210 g/mol. The molecule has 0 aliphatic carbocycles. The fourth-order valence-electron chi connectivity index (χ4n) is 0.982. The summed E-state index contributed by atoms with van der Waals surface area (Å²) in [6.45, 7) is 3.52. The molecule has 0 saturated heterocycles. The lowest BCUT2D eigenvalue weighted by Gasteiger charge is -2.06. The number of thioether (sulfide) groups is 1. The van der Waals surface area contributed by atoms with E-state index in [4.69, 9.17) is 5.73 Å². The van der Waals surface area contributed by atoms with Gasteiger partial charge < -0.3 is 11.1 Å². The van der Waals surface area contributed by atoms with E-state index in [-0.39, 0.29) is 5.91 Å². The summed E-state index contributed by atoms with van der Waals surface area (Å²) in [6, 6.07) is 5.87. The quantitative estimate of drug-likeness (QED) is 0.454. The van der Waals surface area contributed by atoms with Crippen molar-refractivity contribution in [3.63, 3.8) is 0 Å². The number of hydrogen-bond acceptors (Lipinski definition) is 3. The van der Waals surface area contributed by atoms with Crippen molar-refractivity contribution >= 4 is 23.4 Å². The average molecular weight is 210 g/mol. The minimum atomic E-state index is -0.0243. The van der Waals surface area contributed by atoms with E-state index in [0.717, 1.165) is 10.6 Å². The molecule has 1 aromatic rings. The maximum atomic E-state index is 10.6. The molecule has 0 atom stereocenters. The number of rotatable bonds is 3. The Labute approximate surface area is 88.1 Å². The molecular formula is C10H14N2OS. The van der Waals surface area contributed by atoms with Crippen LogP contribution in [0.5, 0.6) is 0 Å². The number of benzene rings is 1. The van der Waals surface area contributed by atoms with Crippen LogP contribution in [0.2, 0.25) is 0 Å². The summed E-state index contributed by atoms with van der Waals surface area (Å²) in [5.41, 5.74) is 7.70. The van der Waals surface area contributed by atoms with Gasteiger partial charge in [0.2, 0.25) is 5.91 Å². The highest BCUT2D eigenvalue weighted by atomic mass is 32.2. The number of nitrogens with one attached hydrogen (secondary N) is 1. The molecule has 14 heavy (non-hydrogen) atoms. The molecule has 3 N–H and O–H groups in total. The first-order valence-electron chi connectivity index (χ1n) is 4.33. The smallest absolute Gasteiger partial charge is 0.217 e. The average Bonchev–Trinajstić information content (AvgIpc) is 2.10. The molecule has 0 aliphatic rings. The Morgan fingerprint density at radius 2 is 2.29 bits per heavy atom. The molecule has 0 unspecified atom stereocenters. The zero-order valence-electron chi connectivity index (χ0n) is 8.33. The van der Waals surface area contributed by atoms with Gasteiger partial charge in [0, 0.05) is 17.5 Å². The van der Waals surface area contributed by atoms with E-state index in [9.17, 15) is 4.79 Å². The standard InChI is InChI=1S/C10H14N2OS/c1-7-3-4-9(11)10(5-7)14-6-12-8(2)13/h3-5H,6,11H2,1-2H3,(H,12,13). The van der Waals surface area contributed by atoms with E-state index in [2.05, 4.69) is 5.32 Å². The van der Waals surface area contributed by atoms with Crippen LogP contribution >= 0.6 is 11.8 Å². The number of hydrogen-bond donors (Lipinski definition) is 2. The molecule has 0 aliphatic heterocycles. The van der Waals surface area contributed by atoms with Gasteiger partial charge in [-0.1, -0.05) is 6.07 Å². The van der Waals surface area contributed by atoms with Gasteiger partial charge in [-0.05, 0) is 24.6 Å². The Bertz CT molecular complexity index is 339. The maximum Gasteiger partial charge on any atom is 0.217 e. The number of aryl methyl sites for hydroxylation is 1. The molecule has 0 aromatic heterocycles. The maximum absolute atomic E-state index is 10.6. The van der Waals surface area contributed by atoms with Gasteiger partial charge in [-0.15, -0.1) is 11.8 Å². The molecule has 0 bridgehead atoms. The first kappa shape index (κ1) is 10.9. The van der Waals surface area contributed by atoms with Crippen LogP contribution in [0.1, 0.15) is 12.5 Å². The van der Waals surface area contributed by atoms with Crippen LogP contribution in [0.4, 0.5) is 5.69 Å². The number of amides is 1. The van der Waals surface area contributed by atoms with E-state index >= 15 is 0 Å². The molecule has 1 rings (SSSR count). The fourth-order valence-corrected chi connectivity index (χ4v) is 1.92. The Morgan fingerprint density at radius 1 is 1.57 bits per heavy atom. The second-order valence-corrected chi connectivity index (χ2v) is 4.08. The minimum Gasteiger partial charge on any atom is -0.398 e. The largest absolute Gasteiger partial charge is 0.398 e. The Balaban J connectivity index is 2.57. The van der Waals surface area contributed by atoms with Crippen LogP contribution in [0.15, 0.2) is 23.1 Å². The summed E-state index contributed by atoms with van der Waals surface area (Å²) in [6.07, 6.45) is 0. The summed E-state index contributed by atoms with van der Waals surface area (Å²) >= 11 is 1.53. The number of carbonyl (C=O) groups is 1. The third kappa shape index (κ3) is 3.30. The molecule has 0 spiro atoms. The van der Waals surface area contributed by atoms with Crippen molar-refractivity contribution in [2.24, 2.45) is 0 Å². The van der Waals surface area contributed by atoms with Gasteiger partial charge in [0.1, 0.15) is 0 Å². The van der Waals surface area contributed by atoms with Gasteiger partial charge in [0.15, 0.2) is 0 Å². The molecular weight excluding hydrogens is 196 g/mol. The molecule has 76 valence electrons. The molecule has 0 radical (unpaired) electrons. The Kier molecular flexibility index (Phi) is 3.83. The summed E-state index contributed by atoms with van der Waals surface area (Å²) < 4.78 is 0. The van der Waals surface area contributed by atoms with Crippen LogP contribution in [0.3, 0.4) is 0 Å². The predicted octanol–water partition coefficient (Wildman–Crippen LogP) is 1.76. The SMILES string of the molecule is CC(=O)NCSc1cc(C)ccc1N. The van der Waals surface area contributed by atoms with Crippen LogP contribution in [-0.4, -0.2) is 11.8 Å². The molecule has 1 aromatic carbocycles. The summed E-state index contributed by atoms with van der Waals surface area (Å²) in [4.78, 5) is 11.6. The van der Waals surface area contributed by atoms with E-state index in [0.29, 0.717) is 5.88 Å². The van der Waals surface area contributed by atoms with Gasteiger partial charge in [0.05, 0.1) is 5.88 Å². The van der Waals surface area contributed by atoms with Crippen molar-refractivity contribution in [3.8, 4) is 0 Å². The molecule has 0 saturated carbocycles. The van der Waals surface area contributed by atoms with Crippen molar-refractivity contribution in [1.82, 2.24) is 5.32 Å². The first-order valence-corrected chi connectivity index (χ1v) is 5.31. The second kappa shape index (κ2) is 4.91. The summed E-state index contributed by atoms with van der Waals surface area (Å²) in [7, 11) is 0. The van der Waals surface area contributed by atoms with Crippen molar-refractivity contribution in [2.45, 2.75) is 18.7 Å². The zero-order valence-corrected chi connectivity index (χ0v) is 9.15. The number of nitrogens with two attached hydrogens (primary N) is 1. The minimum absolute atomic E-state index is 0.0243. The zero-order chi connectivity index (χ0) is 10.6. The topological polar surface area (TPSA) is 55.1 Å². The lowest BCUT2D eigenvalue weighted by molar-refractivity contribution is -0.118. The first-order chi connectivity index (χ1) is 6.59. The molecule has 1 amide bonds. The van der Waals surface area contributed by atoms with Crippen molar-refractivity contribution < 1.29 is 4.79 Å². The predicted molar refractivity (Wildman–Crippen MR) is 60.1 cm³/mol. The highest BCUT2D eigenvalue weighted by Gasteiger charge is 2.00. The Hall–Kier alpha value is -1.16. The van der Waals surface area contributed by atoms with Crippen LogP contribution < -0.4 is 11.1 Å². The number of nitrogen functional groups attached to an aromatic ring is 1. The van der Waals surface area contributed by atoms with Crippen molar-refractivity contribution in [2.75, 3.05) is 11.6 Å². The highest BCUT2D eigenvalue weighted by Crippen LogP contribution is 2.24. The van der Waals surface area contributed by atoms with E-state index in [1.807, 2.05) is 25.1 Å². The lowest BCUT2D eigenvalue weighted by atomic mass is 10.2. The summed E-state index contributed by atoms with van der Waals surface area (Å²) in [5, 5.41) is 2.71. The van der Waals surface area contributed by atoms with Gasteiger partial charge in [0.25, 0.3) is 0 Å². The molecule has 3 nitrogen and oxygen atoms in total. The molecule has 0 heterocycles. The van der Waals surface area contributed by atoms with Gasteiger partial charge in [-0.25, -0.2) is 0 Å². The van der Waals surface area contributed by atoms with E-state index in [1.54, 1.807) is 0 Å². The third-order valence-corrected chi connectivity index (χ3v) is 2.67. The number of anilines is 1. The van der Waals surface area contributed by atoms with Crippen molar-refractivity contribution in [1.29, 1.82) is 0 Å². The second-order valence-electron chi connectivity index (χ2n) is 3.06. The normalized spacial score (nSPS) is 9.86. The van der Waals surface area contributed by atoms with Gasteiger partial charge in [-0.2, -0.15) is 0 Å². The Morgan fingerprint density at radius 3 is 2.93 bits per heavy atom. The van der Waals surface area contributed by atoms with Crippen LogP contribution in [0, 0.1) is 6.92 Å². The molecule has 4 heteroatoms.